The van der Waals surface area contributed by atoms with E-state index in [0.717, 1.165) is 5.92 Å². The second kappa shape index (κ2) is 9.33. The number of hydrogen-bond donors (Lipinski definition) is 0. The van der Waals surface area contributed by atoms with Crippen LogP contribution >= 0.6 is 0 Å². The maximum atomic E-state index is 9.50. The third-order valence-electron chi connectivity index (χ3n) is 0.816. The Labute approximate surface area is 45.7 Å². The van der Waals surface area contributed by atoms with Crippen LogP contribution < -0.4 is 0 Å². The number of halogens is 1. The Morgan fingerprint density at radius 2 is 1.43 bits per heavy atom. The smallest absolute Gasteiger partial charge is 0.0785 e. The van der Waals surface area contributed by atoms with Crippen molar-refractivity contribution < 1.29 is 4.39 Å². The Kier molecular flexibility index (Phi) is 13.4. The zero-order valence-corrected chi connectivity index (χ0v) is 5.66. The van der Waals surface area contributed by atoms with E-state index in [2.05, 4.69) is 20.8 Å². The molecule has 0 aromatic rings. The van der Waals surface area contributed by atoms with Crippen molar-refractivity contribution in [1.29, 1.82) is 0 Å². The fourth-order valence-corrected chi connectivity index (χ4v) is 0. The molecular weight excluding hydrogens is 91.1 g/mol. The highest BCUT2D eigenvalue weighted by atomic mass is 19.1. The van der Waals surface area contributed by atoms with Gasteiger partial charge in [0.15, 0.2) is 0 Å². The summed E-state index contributed by atoms with van der Waals surface area (Å²) in [4.78, 5) is 0. The van der Waals surface area contributed by atoms with Gasteiger partial charge in [-0.2, -0.15) is 0 Å². The summed E-state index contributed by atoms with van der Waals surface area (Å²) in [5.74, 6) is 0.884. The van der Waals surface area contributed by atoms with Crippen LogP contribution in [0.2, 0.25) is 0 Å². The number of hydrogen-bond acceptors (Lipinski definition) is 0. The van der Waals surface area contributed by atoms with E-state index < -0.39 is 0 Å². The summed E-state index contributed by atoms with van der Waals surface area (Å²) in [6.45, 7) is 6.64. The Bertz CT molecular complexity index is 18.1. The first-order chi connectivity index (χ1) is 3.27. The molecule has 0 rings (SSSR count). The Morgan fingerprint density at radius 3 is 1.43 bits per heavy atom. The highest BCUT2D eigenvalue weighted by molar-refractivity contribution is 4.32. The molecule has 0 aliphatic rings. The van der Waals surface area contributed by atoms with E-state index in [4.69, 9.17) is 0 Å². The van der Waals surface area contributed by atoms with Crippen molar-refractivity contribution in [2.24, 2.45) is 5.92 Å². The molecule has 46 valence electrons. The van der Waals surface area contributed by atoms with Crippen LogP contribution in [0, 0.1) is 5.92 Å². The minimum absolute atomic E-state index is 0.500. The lowest BCUT2D eigenvalue weighted by Gasteiger charge is -1.90. The normalized spacial score (nSPS) is 7.71. The Morgan fingerprint density at radius 1 is 1.29 bits per heavy atom. The SMILES string of the molecule is CCC(C)C.CF. The molecule has 0 bridgehead atoms. The van der Waals surface area contributed by atoms with Crippen molar-refractivity contribution in [3.05, 3.63) is 0 Å². The molecule has 0 saturated carbocycles. The second-order valence-electron chi connectivity index (χ2n) is 1.80. The van der Waals surface area contributed by atoms with Gasteiger partial charge in [0.2, 0.25) is 0 Å². The lowest BCUT2D eigenvalue weighted by Crippen LogP contribution is -1.77. The highest BCUT2D eigenvalue weighted by Gasteiger charge is 1.80. The van der Waals surface area contributed by atoms with Crippen LogP contribution in [-0.2, 0) is 0 Å². The van der Waals surface area contributed by atoms with Gasteiger partial charge < -0.3 is 0 Å². The molecule has 0 heterocycles. The monoisotopic (exact) mass is 106 g/mol. The van der Waals surface area contributed by atoms with Crippen LogP contribution in [0.1, 0.15) is 27.2 Å². The molecule has 0 nitrogen and oxygen atoms in total. The second-order valence-corrected chi connectivity index (χ2v) is 1.80. The zero-order valence-electron chi connectivity index (χ0n) is 5.66. The lowest BCUT2D eigenvalue weighted by molar-refractivity contribution is 0.626. The largest absolute Gasteiger partial charge is 0.255 e. The first-order valence-electron chi connectivity index (χ1n) is 2.65. The number of rotatable bonds is 1. The van der Waals surface area contributed by atoms with Crippen molar-refractivity contribution in [2.75, 3.05) is 7.18 Å². The van der Waals surface area contributed by atoms with Crippen molar-refractivity contribution in [2.45, 2.75) is 27.2 Å². The Balaban J connectivity index is 0. The summed E-state index contributed by atoms with van der Waals surface area (Å²) < 4.78 is 9.50. The van der Waals surface area contributed by atoms with Gasteiger partial charge in [0, 0.05) is 0 Å². The molecule has 7 heavy (non-hydrogen) atoms. The first kappa shape index (κ1) is 10.0. The van der Waals surface area contributed by atoms with Gasteiger partial charge in [0.25, 0.3) is 0 Å². The quantitative estimate of drug-likeness (QED) is 0.482. The average molecular weight is 106 g/mol. The summed E-state index contributed by atoms with van der Waals surface area (Å²) >= 11 is 0. The van der Waals surface area contributed by atoms with Crippen molar-refractivity contribution in [3.8, 4) is 0 Å². The molecule has 0 spiro atoms. The van der Waals surface area contributed by atoms with Crippen molar-refractivity contribution in [3.63, 3.8) is 0 Å². The average Bonchev–Trinajstić information content (AvgIpc) is 1.73. The van der Waals surface area contributed by atoms with Crippen LogP contribution in [0.25, 0.3) is 0 Å². The summed E-state index contributed by atoms with van der Waals surface area (Å²) in [7, 11) is 0.500. The zero-order chi connectivity index (χ0) is 6.28. The molecule has 0 radical (unpaired) electrons. The van der Waals surface area contributed by atoms with E-state index in [9.17, 15) is 4.39 Å². The van der Waals surface area contributed by atoms with E-state index in [1.54, 1.807) is 0 Å². The number of alkyl halides is 1. The van der Waals surface area contributed by atoms with Crippen LogP contribution in [0.3, 0.4) is 0 Å². The van der Waals surface area contributed by atoms with Gasteiger partial charge >= 0.3 is 0 Å². The van der Waals surface area contributed by atoms with Gasteiger partial charge in [-0.15, -0.1) is 0 Å². The minimum Gasteiger partial charge on any atom is -0.255 e. The maximum absolute atomic E-state index is 9.50. The van der Waals surface area contributed by atoms with Crippen molar-refractivity contribution in [1.82, 2.24) is 0 Å². The van der Waals surface area contributed by atoms with E-state index >= 15 is 0 Å². The third-order valence-corrected chi connectivity index (χ3v) is 0.816. The van der Waals surface area contributed by atoms with Gasteiger partial charge in [0.05, 0.1) is 7.18 Å². The summed E-state index contributed by atoms with van der Waals surface area (Å²) in [5.41, 5.74) is 0. The molecule has 0 aromatic heterocycles. The van der Waals surface area contributed by atoms with Crippen LogP contribution in [0.4, 0.5) is 4.39 Å². The molecule has 0 saturated heterocycles. The van der Waals surface area contributed by atoms with Crippen LogP contribution in [0.5, 0.6) is 0 Å². The Hall–Kier alpha value is -0.0700. The molecule has 0 amide bonds. The molecule has 0 atom stereocenters. The molecule has 0 aliphatic heterocycles. The molecule has 0 aromatic carbocycles. The predicted molar refractivity (Wildman–Crippen MR) is 32.2 cm³/mol. The fraction of sp³-hybridized carbons (Fsp3) is 1.00. The van der Waals surface area contributed by atoms with E-state index in [0.29, 0.717) is 7.18 Å². The predicted octanol–water partition coefficient (Wildman–Crippen LogP) is 2.64. The van der Waals surface area contributed by atoms with E-state index in [1.807, 2.05) is 0 Å². The van der Waals surface area contributed by atoms with Crippen LogP contribution in [-0.4, -0.2) is 7.18 Å². The van der Waals surface area contributed by atoms with Gasteiger partial charge in [-0.3, -0.25) is 4.39 Å². The summed E-state index contributed by atoms with van der Waals surface area (Å²) in [6, 6.07) is 0. The topological polar surface area (TPSA) is 0 Å². The fourth-order valence-electron chi connectivity index (χ4n) is 0. The summed E-state index contributed by atoms with van der Waals surface area (Å²) in [5, 5.41) is 0. The van der Waals surface area contributed by atoms with Crippen molar-refractivity contribution >= 4 is 0 Å². The maximum Gasteiger partial charge on any atom is 0.0785 e. The third kappa shape index (κ3) is 24.6. The molecule has 1 heteroatoms. The van der Waals surface area contributed by atoms with Crippen LogP contribution in [0.15, 0.2) is 0 Å². The van der Waals surface area contributed by atoms with Gasteiger partial charge in [0.1, 0.15) is 0 Å². The standard InChI is InChI=1S/C5H12.CH3F/c1-4-5(2)3;1-2/h5H,4H2,1-3H3;1H3. The van der Waals surface area contributed by atoms with E-state index in [-0.39, 0.29) is 0 Å². The summed E-state index contributed by atoms with van der Waals surface area (Å²) in [6.07, 6.45) is 1.31. The minimum atomic E-state index is 0.500. The molecule has 0 fully saturated rings. The molecule has 0 unspecified atom stereocenters. The molecule has 0 aliphatic carbocycles. The van der Waals surface area contributed by atoms with E-state index in [1.165, 1.54) is 6.42 Å². The lowest BCUT2D eigenvalue weighted by atomic mass is 10.2. The highest BCUT2D eigenvalue weighted by Crippen LogP contribution is 1.93. The first-order valence-corrected chi connectivity index (χ1v) is 2.65. The molecule has 0 N–H and O–H groups in total. The molecular formula is C6H15F. The van der Waals surface area contributed by atoms with Gasteiger partial charge in [-0.05, 0) is 5.92 Å². The van der Waals surface area contributed by atoms with Gasteiger partial charge in [-0.25, -0.2) is 0 Å². The van der Waals surface area contributed by atoms with Gasteiger partial charge in [-0.1, -0.05) is 27.2 Å².